The van der Waals surface area contributed by atoms with Crippen LogP contribution in [0.4, 0.5) is 0 Å². The number of piperazine rings is 1. The molecule has 2 heterocycles. The first-order valence-electron chi connectivity index (χ1n) is 6.26. The van der Waals surface area contributed by atoms with E-state index in [1.54, 1.807) is 12.1 Å². The van der Waals surface area contributed by atoms with Gasteiger partial charge in [0.15, 0.2) is 0 Å². The van der Waals surface area contributed by atoms with Crippen molar-refractivity contribution in [3.8, 4) is 0 Å². The summed E-state index contributed by atoms with van der Waals surface area (Å²) in [5.41, 5.74) is 5.82. The smallest absolute Gasteiger partial charge is 0.254 e. The number of nitrogens with two attached hydrogens (primary N) is 1. The van der Waals surface area contributed by atoms with Gasteiger partial charge in [0.25, 0.3) is 5.91 Å². The van der Waals surface area contributed by atoms with Crippen LogP contribution in [0.3, 0.4) is 0 Å². The van der Waals surface area contributed by atoms with Gasteiger partial charge in [0.1, 0.15) is 6.04 Å². The van der Waals surface area contributed by atoms with Gasteiger partial charge in [-0.05, 0) is 12.1 Å². The van der Waals surface area contributed by atoms with Crippen molar-refractivity contribution in [1.29, 1.82) is 0 Å². The maximum Gasteiger partial charge on any atom is 0.254 e. The molecule has 106 valence electrons. The molecule has 3 amide bonds. The summed E-state index contributed by atoms with van der Waals surface area (Å²) in [4.78, 5) is 42.0. The van der Waals surface area contributed by atoms with Gasteiger partial charge in [0.2, 0.25) is 11.8 Å². The van der Waals surface area contributed by atoms with Crippen molar-refractivity contribution in [2.24, 2.45) is 5.73 Å². The number of hydrogen-bond acceptors (Lipinski definition) is 4. The number of carbonyl (C=O) groups is 3. The van der Waals surface area contributed by atoms with E-state index in [9.17, 15) is 14.4 Å². The Morgan fingerprint density at radius 2 is 1.90 bits per heavy atom. The number of hydrogen-bond donors (Lipinski definition) is 1. The fourth-order valence-corrected chi connectivity index (χ4v) is 2.26. The first-order chi connectivity index (χ1) is 9.50. The van der Waals surface area contributed by atoms with Crippen molar-refractivity contribution in [3.05, 3.63) is 30.1 Å². The number of amides is 3. The predicted octanol–water partition coefficient (Wildman–Crippen LogP) is -0.760. The molecule has 1 aromatic heterocycles. The standard InChI is InChI=1S/C13H16N4O3/c1-9(18)17-7-6-16(8-11(17)12(14)19)13(20)10-2-4-15-5-3-10/h2-5,11H,6-8H2,1H3,(H2,14,19). The Morgan fingerprint density at radius 3 is 2.45 bits per heavy atom. The van der Waals surface area contributed by atoms with E-state index in [0.717, 1.165) is 0 Å². The largest absolute Gasteiger partial charge is 0.368 e. The van der Waals surface area contributed by atoms with Crippen LogP contribution in [0.1, 0.15) is 17.3 Å². The molecule has 0 bridgehead atoms. The molecular weight excluding hydrogens is 260 g/mol. The van der Waals surface area contributed by atoms with E-state index in [1.165, 1.54) is 29.1 Å². The van der Waals surface area contributed by atoms with E-state index < -0.39 is 11.9 Å². The van der Waals surface area contributed by atoms with Crippen LogP contribution in [0.15, 0.2) is 24.5 Å². The van der Waals surface area contributed by atoms with E-state index in [-0.39, 0.29) is 18.4 Å². The lowest BCUT2D eigenvalue weighted by Gasteiger charge is -2.39. The maximum absolute atomic E-state index is 12.3. The molecule has 2 rings (SSSR count). The van der Waals surface area contributed by atoms with Crippen LogP contribution in [0.25, 0.3) is 0 Å². The van der Waals surface area contributed by atoms with Gasteiger partial charge >= 0.3 is 0 Å². The van der Waals surface area contributed by atoms with Crippen LogP contribution in [0, 0.1) is 0 Å². The van der Waals surface area contributed by atoms with Gasteiger partial charge in [-0.25, -0.2) is 0 Å². The highest BCUT2D eigenvalue weighted by atomic mass is 16.2. The lowest BCUT2D eigenvalue weighted by Crippen LogP contribution is -2.60. The molecule has 1 saturated heterocycles. The number of pyridine rings is 1. The summed E-state index contributed by atoms with van der Waals surface area (Å²) in [5, 5.41) is 0. The Balaban J connectivity index is 2.15. The highest BCUT2D eigenvalue weighted by Crippen LogP contribution is 2.13. The van der Waals surface area contributed by atoms with E-state index in [0.29, 0.717) is 18.7 Å². The van der Waals surface area contributed by atoms with Gasteiger partial charge < -0.3 is 15.5 Å². The van der Waals surface area contributed by atoms with Gasteiger partial charge in [0, 0.05) is 38.0 Å². The Morgan fingerprint density at radius 1 is 1.25 bits per heavy atom. The Kier molecular flexibility index (Phi) is 3.97. The minimum Gasteiger partial charge on any atom is -0.368 e. The summed E-state index contributed by atoms with van der Waals surface area (Å²) in [7, 11) is 0. The molecule has 7 heteroatoms. The average Bonchev–Trinajstić information content (AvgIpc) is 2.46. The second-order valence-corrected chi connectivity index (χ2v) is 4.62. The summed E-state index contributed by atoms with van der Waals surface area (Å²) in [6.07, 6.45) is 3.06. The lowest BCUT2D eigenvalue weighted by atomic mass is 10.1. The molecule has 0 saturated carbocycles. The number of nitrogens with zero attached hydrogens (tertiary/aromatic N) is 3. The van der Waals surface area contributed by atoms with E-state index in [2.05, 4.69) is 4.98 Å². The first-order valence-corrected chi connectivity index (χ1v) is 6.26. The van der Waals surface area contributed by atoms with Crippen LogP contribution in [0.5, 0.6) is 0 Å². The average molecular weight is 276 g/mol. The molecule has 0 aliphatic carbocycles. The molecule has 1 fully saturated rings. The fraction of sp³-hybridized carbons (Fsp3) is 0.385. The normalized spacial score (nSPS) is 18.8. The topological polar surface area (TPSA) is 96.6 Å². The molecule has 0 aromatic carbocycles. The number of rotatable bonds is 2. The van der Waals surface area contributed by atoms with Crippen LogP contribution in [-0.4, -0.2) is 58.2 Å². The quantitative estimate of drug-likeness (QED) is 0.767. The molecule has 1 unspecified atom stereocenters. The van der Waals surface area contributed by atoms with Crippen molar-refractivity contribution in [2.75, 3.05) is 19.6 Å². The van der Waals surface area contributed by atoms with Crippen LogP contribution >= 0.6 is 0 Å². The van der Waals surface area contributed by atoms with Crippen LogP contribution < -0.4 is 5.73 Å². The second kappa shape index (κ2) is 5.68. The zero-order chi connectivity index (χ0) is 14.7. The fourth-order valence-electron chi connectivity index (χ4n) is 2.26. The third-order valence-corrected chi connectivity index (χ3v) is 3.33. The minimum atomic E-state index is -0.771. The monoisotopic (exact) mass is 276 g/mol. The zero-order valence-electron chi connectivity index (χ0n) is 11.2. The van der Waals surface area contributed by atoms with Gasteiger partial charge in [0.05, 0.1) is 6.54 Å². The maximum atomic E-state index is 12.3. The van der Waals surface area contributed by atoms with Gasteiger partial charge in [-0.2, -0.15) is 0 Å². The molecule has 1 aliphatic rings. The van der Waals surface area contributed by atoms with E-state index in [1.807, 2.05) is 0 Å². The third kappa shape index (κ3) is 2.76. The van der Waals surface area contributed by atoms with Crippen molar-refractivity contribution in [2.45, 2.75) is 13.0 Å². The molecular formula is C13H16N4O3. The predicted molar refractivity (Wildman–Crippen MR) is 70.5 cm³/mol. The highest BCUT2D eigenvalue weighted by Gasteiger charge is 2.34. The number of carbonyl (C=O) groups excluding carboxylic acids is 3. The summed E-state index contributed by atoms with van der Waals surface area (Å²) >= 11 is 0. The van der Waals surface area contributed by atoms with Crippen LogP contribution in [0.2, 0.25) is 0 Å². The Hall–Kier alpha value is -2.44. The molecule has 20 heavy (non-hydrogen) atoms. The van der Waals surface area contributed by atoms with Crippen molar-refractivity contribution in [1.82, 2.24) is 14.8 Å². The molecule has 2 N–H and O–H groups in total. The molecule has 7 nitrogen and oxygen atoms in total. The molecule has 0 radical (unpaired) electrons. The lowest BCUT2D eigenvalue weighted by molar-refractivity contribution is -0.140. The van der Waals surface area contributed by atoms with Crippen molar-refractivity contribution >= 4 is 17.7 Å². The van der Waals surface area contributed by atoms with Gasteiger partial charge in [-0.1, -0.05) is 0 Å². The molecule has 1 aromatic rings. The molecule has 0 spiro atoms. The SMILES string of the molecule is CC(=O)N1CCN(C(=O)c2ccncc2)CC1C(N)=O. The molecule has 1 aliphatic heterocycles. The second-order valence-electron chi connectivity index (χ2n) is 4.62. The number of primary amides is 1. The van der Waals surface area contributed by atoms with Gasteiger partial charge in [-0.15, -0.1) is 0 Å². The van der Waals surface area contributed by atoms with Crippen LogP contribution in [-0.2, 0) is 9.59 Å². The third-order valence-electron chi connectivity index (χ3n) is 3.33. The molecule has 1 atom stereocenters. The Bertz CT molecular complexity index is 532. The number of aromatic nitrogens is 1. The summed E-state index contributed by atoms with van der Waals surface area (Å²) in [6, 6.07) is 2.45. The first kappa shape index (κ1) is 14.0. The summed E-state index contributed by atoms with van der Waals surface area (Å²) < 4.78 is 0. The summed E-state index contributed by atoms with van der Waals surface area (Å²) in [6.45, 7) is 2.19. The van der Waals surface area contributed by atoms with E-state index in [4.69, 9.17) is 5.73 Å². The van der Waals surface area contributed by atoms with Gasteiger partial charge in [-0.3, -0.25) is 19.4 Å². The van der Waals surface area contributed by atoms with E-state index >= 15 is 0 Å². The minimum absolute atomic E-state index is 0.121. The zero-order valence-corrected chi connectivity index (χ0v) is 11.2. The van der Waals surface area contributed by atoms with Crippen molar-refractivity contribution < 1.29 is 14.4 Å². The summed E-state index contributed by atoms with van der Waals surface area (Å²) in [5.74, 6) is -1.01. The Labute approximate surface area is 116 Å². The highest BCUT2D eigenvalue weighted by molar-refractivity contribution is 5.95. The van der Waals surface area contributed by atoms with Crippen molar-refractivity contribution in [3.63, 3.8) is 0 Å².